The first-order valence-corrected chi connectivity index (χ1v) is 7.39. The molecule has 0 aliphatic carbocycles. The van der Waals surface area contributed by atoms with Crippen molar-refractivity contribution in [2.24, 2.45) is 0 Å². The minimum atomic E-state index is -0.404. The molecule has 0 amide bonds. The zero-order valence-corrected chi connectivity index (χ0v) is 12.8. The largest absolute Gasteiger partial charge is 0.310 e. The van der Waals surface area contributed by atoms with Gasteiger partial charge in [0.2, 0.25) is 0 Å². The molecule has 0 saturated heterocycles. The van der Waals surface area contributed by atoms with Gasteiger partial charge in [0, 0.05) is 11.6 Å². The molecule has 0 radical (unpaired) electrons. The minimum absolute atomic E-state index is 0.0571. The second-order valence-electron chi connectivity index (χ2n) is 5.03. The molecule has 0 aromatic heterocycles. The van der Waals surface area contributed by atoms with Crippen molar-refractivity contribution in [3.8, 4) is 11.1 Å². The van der Waals surface area contributed by atoms with Crippen LogP contribution in [0, 0.1) is 11.6 Å². The van der Waals surface area contributed by atoms with Crippen LogP contribution in [0.1, 0.15) is 31.9 Å². The average molecular weight is 310 g/mol. The SMILES string of the molecule is CCCNC(C)c1ccc(F)cc1-c1ccc(F)cc1Cl. The van der Waals surface area contributed by atoms with E-state index in [0.29, 0.717) is 11.1 Å². The molecule has 112 valence electrons. The maximum Gasteiger partial charge on any atom is 0.124 e. The fraction of sp³-hybridized carbons (Fsp3) is 0.294. The van der Waals surface area contributed by atoms with Gasteiger partial charge in [0.1, 0.15) is 11.6 Å². The number of hydrogen-bond acceptors (Lipinski definition) is 1. The fourth-order valence-electron chi connectivity index (χ4n) is 2.32. The molecule has 0 aliphatic rings. The summed E-state index contributed by atoms with van der Waals surface area (Å²) in [5, 5.41) is 3.65. The number of hydrogen-bond donors (Lipinski definition) is 1. The smallest absolute Gasteiger partial charge is 0.124 e. The summed E-state index contributed by atoms with van der Waals surface area (Å²) >= 11 is 6.11. The van der Waals surface area contributed by atoms with Crippen molar-refractivity contribution in [1.29, 1.82) is 0 Å². The Morgan fingerprint density at radius 2 is 1.71 bits per heavy atom. The third-order valence-electron chi connectivity index (χ3n) is 3.40. The summed E-state index contributed by atoms with van der Waals surface area (Å²) in [4.78, 5) is 0. The van der Waals surface area contributed by atoms with Crippen LogP contribution in [0.25, 0.3) is 11.1 Å². The number of nitrogens with one attached hydrogen (secondary N) is 1. The molecule has 1 nitrogen and oxygen atoms in total. The van der Waals surface area contributed by atoms with Crippen LogP contribution < -0.4 is 5.32 Å². The van der Waals surface area contributed by atoms with Gasteiger partial charge in [-0.05, 0) is 61.3 Å². The van der Waals surface area contributed by atoms with Gasteiger partial charge >= 0.3 is 0 Å². The minimum Gasteiger partial charge on any atom is -0.310 e. The topological polar surface area (TPSA) is 12.0 Å². The normalized spacial score (nSPS) is 12.4. The van der Waals surface area contributed by atoms with Gasteiger partial charge in [-0.1, -0.05) is 24.6 Å². The number of rotatable bonds is 5. The lowest BCUT2D eigenvalue weighted by atomic mass is 9.95. The van der Waals surface area contributed by atoms with Crippen LogP contribution in [-0.4, -0.2) is 6.54 Å². The Morgan fingerprint density at radius 1 is 1.05 bits per heavy atom. The number of halogens is 3. The summed E-state index contributed by atoms with van der Waals surface area (Å²) in [6.45, 7) is 4.97. The Hall–Kier alpha value is -1.45. The van der Waals surface area contributed by atoms with Gasteiger partial charge in [-0.3, -0.25) is 0 Å². The predicted molar refractivity (Wildman–Crippen MR) is 83.5 cm³/mol. The number of benzene rings is 2. The molecule has 2 aromatic rings. The Balaban J connectivity index is 2.48. The third kappa shape index (κ3) is 3.80. The van der Waals surface area contributed by atoms with Crippen molar-refractivity contribution in [2.75, 3.05) is 6.54 Å². The van der Waals surface area contributed by atoms with Crippen molar-refractivity contribution in [2.45, 2.75) is 26.3 Å². The van der Waals surface area contributed by atoms with Gasteiger partial charge in [0.05, 0.1) is 5.02 Å². The molecule has 0 heterocycles. The second kappa shape index (κ2) is 7.01. The Morgan fingerprint density at radius 3 is 2.38 bits per heavy atom. The van der Waals surface area contributed by atoms with Crippen LogP contribution in [0.5, 0.6) is 0 Å². The highest BCUT2D eigenvalue weighted by Gasteiger charge is 2.15. The molecular formula is C17H18ClF2N. The molecule has 0 spiro atoms. The van der Waals surface area contributed by atoms with Gasteiger partial charge < -0.3 is 5.32 Å². The van der Waals surface area contributed by atoms with E-state index in [1.165, 1.54) is 24.3 Å². The Kier molecular flexibility index (Phi) is 5.32. The molecule has 4 heteroatoms. The van der Waals surface area contributed by atoms with E-state index >= 15 is 0 Å². The first-order valence-electron chi connectivity index (χ1n) is 7.01. The summed E-state index contributed by atoms with van der Waals surface area (Å²) < 4.78 is 26.8. The monoisotopic (exact) mass is 309 g/mol. The first-order chi connectivity index (χ1) is 10.0. The maximum absolute atomic E-state index is 13.6. The van der Waals surface area contributed by atoms with Crippen LogP contribution in [0.2, 0.25) is 5.02 Å². The highest BCUT2D eigenvalue weighted by atomic mass is 35.5. The molecule has 1 atom stereocenters. The van der Waals surface area contributed by atoms with Crippen LogP contribution >= 0.6 is 11.6 Å². The molecule has 2 aromatic carbocycles. The highest BCUT2D eigenvalue weighted by Crippen LogP contribution is 2.34. The molecule has 0 saturated carbocycles. The van der Waals surface area contributed by atoms with E-state index in [0.717, 1.165) is 18.5 Å². The van der Waals surface area contributed by atoms with Crippen molar-refractivity contribution in [3.63, 3.8) is 0 Å². The second-order valence-corrected chi connectivity index (χ2v) is 5.44. The molecular weight excluding hydrogens is 292 g/mol. The summed E-state index contributed by atoms with van der Waals surface area (Å²) in [5.41, 5.74) is 2.27. The fourth-order valence-corrected chi connectivity index (χ4v) is 2.59. The molecule has 0 aliphatic heterocycles. The van der Waals surface area contributed by atoms with E-state index in [-0.39, 0.29) is 16.9 Å². The van der Waals surface area contributed by atoms with E-state index in [4.69, 9.17) is 11.6 Å². The molecule has 0 fully saturated rings. The molecule has 1 N–H and O–H groups in total. The zero-order valence-electron chi connectivity index (χ0n) is 12.1. The van der Waals surface area contributed by atoms with Crippen molar-refractivity contribution in [1.82, 2.24) is 5.32 Å². The lowest BCUT2D eigenvalue weighted by Gasteiger charge is -2.19. The molecule has 21 heavy (non-hydrogen) atoms. The molecule has 0 bridgehead atoms. The quantitative estimate of drug-likeness (QED) is 0.785. The van der Waals surface area contributed by atoms with Crippen molar-refractivity contribution in [3.05, 3.63) is 58.6 Å². The van der Waals surface area contributed by atoms with Crippen LogP contribution in [0.15, 0.2) is 36.4 Å². The first kappa shape index (κ1) is 15.9. The summed E-state index contributed by atoms with van der Waals surface area (Å²) in [6, 6.07) is 8.84. The summed E-state index contributed by atoms with van der Waals surface area (Å²) in [7, 11) is 0. The van der Waals surface area contributed by atoms with Gasteiger partial charge in [-0.2, -0.15) is 0 Å². The van der Waals surface area contributed by atoms with Crippen LogP contribution in [0.3, 0.4) is 0 Å². The molecule has 1 unspecified atom stereocenters. The van der Waals surface area contributed by atoms with Crippen LogP contribution in [0.4, 0.5) is 8.78 Å². The standard InChI is InChI=1S/C17H18ClF2N/c1-3-8-21-11(2)14-6-4-12(19)9-16(14)15-7-5-13(20)10-17(15)18/h4-7,9-11,21H,3,8H2,1-2H3. The van der Waals surface area contributed by atoms with E-state index in [1.54, 1.807) is 12.1 Å². The average Bonchev–Trinajstić information content (AvgIpc) is 2.44. The van der Waals surface area contributed by atoms with Crippen LogP contribution in [-0.2, 0) is 0 Å². The summed E-state index contributed by atoms with van der Waals surface area (Å²) in [5.74, 6) is -0.740. The maximum atomic E-state index is 13.6. The molecule has 2 rings (SSSR count). The van der Waals surface area contributed by atoms with Crippen molar-refractivity contribution < 1.29 is 8.78 Å². The summed E-state index contributed by atoms with van der Waals surface area (Å²) in [6.07, 6.45) is 1.01. The third-order valence-corrected chi connectivity index (χ3v) is 3.72. The lowest BCUT2D eigenvalue weighted by Crippen LogP contribution is -2.20. The lowest BCUT2D eigenvalue weighted by molar-refractivity contribution is 0.569. The zero-order chi connectivity index (χ0) is 15.4. The van der Waals surface area contributed by atoms with E-state index < -0.39 is 5.82 Å². The Bertz CT molecular complexity index is 628. The van der Waals surface area contributed by atoms with Gasteiger partial charge in [0.15, 0.2) is 0 Å². The van der Waals surface area contributed by atoms with E-state index in [1.807, 2.05) is 6.92 Å². The highest BCUT2D eigenvalue weighted by molar-refractivity contribution is 6.33. The Labute approximate surface area is 128 Å². The van der Waals surface area contributed by atoms with E-state index in [2.05, 4.69) is 12.2 Å². The van der Waals surface area contributed by atoms with Crippen molar-refractivity contribution >= 4 is 11.6 Å². The van der Waals surface area contributed by atoms with Gasteiger partial charge in [0.25, 0.3) is 0 Å². The predicted octanol–water partition coefficient (Wildman–Crippen LogP) is 5.35. The van der Waals surface area contributed by atoms with Gasteiger partial charge in [-0.15, -0.1) is 0 Å². The van der Waals surface area contributed by atoms with Gasteiger partial charge in [-0.25, -0.2) is 8.78 Å². The van der Waals surface area contributed by atoms with E-state index in [9.17, 15) is 8.78 Å².